The highest BCUT2D eigenvalue weighted by molar-refractivity contribution is 7.89. The van der Waals surface area contributed by atoms with Crippen LogP contribution in [0.15, 0.2) is 47.4 Å². The molecule has 1 atom stereocenters. The molecule has 2 aromatic carbocycles. The van der Waals surface area contributed by atoms with Crippen LogP contribution in [0.25, 0.3) is 0 Å². The van der Waals surface area contributed by atoms with E-state index in [1.807, 2.05) is 24.3 Å². The first-order chi connectivity index (χ1) is 12.2. The molecule has 5 nitrogen and oxygen atoms in total. The molecule has 26 heavy (non-hydrogen) atoms. The Kier molecular flexibility index (Phi) is 6.21. The summed E-state index contributed by atoms with van der Waals surface area (Å²) in [5.74, 6) is 0.143. The number of benzene rings is 2. The van der Waals surface area contributed by atoms with Gasteiger partial charge >= 0.3 is 0 Å². The molecule has 0 aliphatic heterocycles. The zero-order valence-corrected chi connectivity index (χ0v) is 16.7. The second-order valence-corrected chi connectivity index (χ2v) is 8.80. The third kappa shape index (κ3) is 4.31. The quantitative estimate of drug-likeness (QED) is 0.831. The topological polar surface area (TPSA) is 66.5 Å². The molecule has 2 aromatic rings. The number of rotatable bonds is 6. The van der Waals surface area contributed by atoms with Gasteiger partial charge in [0.15, 0.2) is 0 Å². The predicted molar refractivity (Wildman–Crippen MR) is 105 cm³/mol. The Morgan fingerprint density at radius 2 is 1.73 bits per heavy atom. The zero-order chi connectivity index (χ0) is 19.5. The normalized spacial score (nSPS) is 12.8. The molecule has 0 aliphatic rings. The average molecular weight is 375 g/mol. The predicted octanol–water partition coefficient (Wildman–Crippen LogP) is 4.01. The number of carbonyl (C=O) groups excluding carboxylic acids is 1. The molecule has 0 aromatic heterocycles. The molecule has 0 bridgehead atoms. The average Bonchev–Trinajstić information content (AvgIpc) is 2.61. The van der Waals surface area contributed by atoms with Gasteiger partial charge in [-0.05, 0) is 54.7 Å². The monoisotopic (exact) mass is 374 g/mol. The summed E-state index contributed by atoms with van der Waals surface area (Å²) in [5.41, 5.74) is 2.97. The van der Waals surface area contributed by atoms with Gasteiger partial charge in [-0.1, -0.05) is 32.0 Å². The van der Waals surface area contributed by atoms with E-state index in [0.29, 0.717) is 17.2 Å². The van der Waals surface area contributed by atoms with Crippen LogP contribution in [0.1, 0.15) is 47.7 Å². The Balaban J connectivity index is 2.27. The number of hydrogen-bond acceptors (Lipinski definition) is 3. The molecule has 0 radical (unpaired) electrons. The standard InChI is InChI=1S/C20H26N2O3S/c1-6-14(2)16-8-10-17(11-9-16)21-20(23)19-13-18(12-7-15(19)3)26(24,25)22(4)5/h7-14H,6H2,1-5H3,(H,21,23). The minimum absolute atomic E-state index is 0.102. The first-order valence-electron chi connectivity index (χ1n) is 8.61. The highest BCUT2D eigenvalue weighted by Crippen LogP contribution is 2.22. The molecule has 0 aliphatic carbocycles. The number of anilines is 1. The van der Waals surface area contributed by atoms with Crippen molar-refractivity contribution >= 4 is 21.6 Å². The first-order valence-corrected chi connectivity index (χ1v) is 10.0. The molecule has 0 heterocycles. The smallest absolute Gasteiger partial charge is 0.255 e. The van der Waals surface area contributed by atoms with Gasteiger partial charge in [-0.2, -0.15) is 0 Å². The summed E-state index contributed by atoms with van der Waals surface area (Å²) in [5, 5.41) is 2.84. The summed E-state index contributed by atoms with van der Waals surface area (Å²) in [6.45, 7) is 6.08. The number of aryl methyl sites for hydroxylation is 1. The van der Waals surface area contributed by atoms with E-state index in [1.165, 1.54) is 31.8 Å². The summed E-state index contributed by atoms with van der Waals surface area (Å²) in [7, 11) is -0.655. The van der Waals surface area contributed by atoms with Gasteiger partial charge in [0, 0.05) is 25.3 Å². The minimum Gasteiger partial charge on any atom is -0.322 e. The van der Waals surface area contributed by atoms with Crippen LogP contribution >= 0.6 is 0 Å². The fourth-order valence-electron chi connectivity index (χ4n) is 2.55. The summed E-state index contributed by atoms with van der Waals surface area (Å²) in [4.78, 5) is 12.7. The maximum Gasteiger partial charge on any atom is 0.255 e. The third-order valence-electron chi connectivity index (χ3n) is 4.58. The molecule has 1 N–H and O–H groups in total. The Labute approximate surface area is 156 Å². The third-order valence-corrected chi connectivity index (χ3v) is 6.39. The lowest BCUT2D eigenvalue weighted by Gasteiger charge is -2.14. The Bertz CT molecular complexity index is 888. The Hall–Kier alpha value is -2.18. The van der Waals surface area contributed by atoms with Crippen molar-refractivity contribution in [2.75, 3.05) is 19.4 Å². The van der Waals surface area contributed by atoms with E-state index in [4.69, 9.17) is 0 Å². The lowest BCUT2D eigenvalue weighted by molar-refractivity contribution is 0.102. The molecule has 0 spiro atoms. The van der Waals surface area contributed by atoms with Crippen molar-refractivity contribution in [2.45, 2.75) is 38.0 Å². The molecule has 6 heteroatoms. The van der Waals surface area contributed by atoms with Gasteiger partial charge in [0.25, 0.3) is 5.91 Å². The maximum atomic E-state index is 12.6. The van der Waals surface area contributed by atoms with Crippen LogP contribution in [-0.4, -0.2) is 32.7 Å². The number of hydrogen-bond donors (Lipinski definition) is 1. The van der Waals surface area contributed by atoms with Crippen molar-refractivity contribution in [2.24, 2.45) is 0 Å². The summed E-state index contributed by atoms with van der Waals surface area (Å²) in [6, 6.07) is 12.3. The van der Waals surface area contributed by atoms with Gasteiger partial charge in [0.1, 0.15) is 0 Å². The van der Waals surface area contributed by atoms with Crippen molar-refractivity contribution in [1.82, 2.24) is 4.31 Å². The van der Waals surface area contributed by atoms with E-state index in [2.05, 4.69) is 19.2 Å². The summed E-state index contributed by atoms with van der Waals surface area (Å²) >= 11 is 0. The SMILES string of the molecule is CCC(C)c1ccc(NC(=O)c2cc(S(=O)(=O)N(C)C)ccc2C)cc1. The fourth-order valence-corrected chi connectivity index (χ4v) is 3.47. The van der Waals surface area contributed by atoms with Crippen molar-refractivity contribution < 1.29 is 13.2 Å². The molecule has 1 unspecified atom stereocenters. The van der Waals surface area contributed by atoms with E-state index in [0.717, 1.165) is 16.3 Å². The van der Waals surface area contributed by atoms with Crippen LogP contribution < -0.4 is 5.32 Å². The molecular formula is C20H26N2O3S. The lowest BCUT2D eigenvalue weighted by atomic mass is 9.98. The molecule has 2 rings (SSSR count). The number of amides is 1. The van der Waals surface area contributed by atoms with Crippen LogP contribution in [0.2, 0.25) is 0 Å². The van der Waals surface area contributed by atoms with Gasteiger partial charge in [-0.3, -0.25) is 4.79 Å². The van der Waals surface area contributed by atoms with Crippen LogP contribution in [0, 0.1) is 6.92 Å². The van der Waals surface area contributed by atoms with Gasteiger partial charge in [0.05, 0.1) is 4.90 Å². The largest absolute Gasteiger partial charge is 0.322 e. The number of carbonyl (C=O) groups is 1. The van der Waals surface area contributed by atoms with Crippen LogP contribution in [0.5, 0.6) is 0 Å². The van der Waals surface area contributed by atoms with Gasteiger partial charge in [0.2, 0.25) is 10.0 Å². The van der Waals surface area contributed by atoms with E-state index >= 15 is 0 Å². The highest BCUT2D eigenvalue weighted by Gasteiger charge is 2.20. The van der Waals surface area contributed by atoms with E-state index < -0.39 is 10.0 Å². The van der Waals surface area contributed by atoms with E-state index in [-0.39, 0.29) is 10.8 Å². The number of nitrogens with zero attached hydrogens (tertiary/aromatic N) is 1. The molecule has 0 fully saturated rings. The number of nitrogens with one attached hydrogen (secondary N) is 1. The van der Waals surface area contributed by atoms with Crippen molar-refractivity contribution in [3.05, 3.63) is 59.2 Å². The van der Waals surface area contributed by atoms with Crippen molar-refractivity contribution in [3.8, 4) is 0 Å². The Morgan fingerprint density at radius 1 is 1.12 bits per heavy atom. The van der Waals surface area contributed by atoms with Crippen molar-refractivity contribution in [1.29, 1.82) is 0 Å². The molecule has 0 saturated heterocycles. The van der Waals surface area contributed by atoms with Crippen LogP contribution in [0.4, 0.5) is 5.69 Å². The zero-order valence-electron chi connectivity index (χ0n) is 15.9. The van der Waals surface area contributed by atoms with Crippen LogP contribution in [-0.2, 0) is 10.0 Å². The van der Waals surface area contributed by atoms with E-state index in [9.17, 15) is 13.2 Å². The molecule has 140 valence electrons. The minimum atomic E-state index is -3.59. The summed E-state index contributed by atoms with van der Waals surface area (Å²) in [6.07, 6.45) is 1.05. The number of sulfonamides is 1. The second kappa shape index (κ2) is 8.01. The molecule has 0 saturated carbocycles. The Morgan fingerprint density at radius 3 is 2.27 bits per heavy atom. The fraction of sp³-hybridized carbons (Fsp3) is 0.350. The van der Waals surface area contributed by atoms with Crippen molar-refractivity contribution in [3.63, 3.8) is 0 Å². The second-order valence-electron chi connectivity index (χ2n) is 6.65. The van der Waals surface area contributed by atoms with Crippen LogP contribution in [0.3, 0.4) is 0 Å². The molecule has 1 amide bonds. The summed E-state index contributed by atoms with van der Waals surface area (Å²) < 4.78 is 25.7. The van der Waals surface area contributed by atoms with Gasteiger partial charge in [-0.15, -0.1) is 0 Å². The first kappa shape index (κ1) is 20.1. The highest BCUT2D eigenvalue weighted by atomic mass is 32.2. The lowest BCUT2D eigenvalue weighted by Crippen LogP contribution is -2.23. The van der Waals surface area contributed by atoms with Gasteiger partial charge < -0.3 is 5.32 Å². The van der Waals surface area contributed by atoms with E-state index in [1.54, 1.807) is 13.0 Å². The maximum absolute atomic E-state index is 12.6. The molecular weight excluding hydrogens is 348 g/mol. The van der Waals surface area contributed by atoms with Gasteiger partial charge in [-0.25, -0.2) is 12.7 Å².